The summed E-state index contributed by atoms with van der Waals surface area (Å²) in [6.07, 6.45) is 1.52. The van der Waals surface area contributed by atoms with E-state index in [1.54, 1.807) is 0 Å². The molecule has 5 N–H and O–H groups in total. The Balaban J connectivity index is 3.31. The zero-order chi connectivity index (χ0) is 11.7. The molecule has 15 heavy (non-hydrogen) atoms. The van der Waals surface area contributed by atoms with Crippen molar-refractivity contribution in [3.63, 3.8) is 0 Å². The zero-order valence-corrected chi connectivity index (χ0v) is 8.28. The number of primary amides is 1. The number of nitrogens with two attached hydrogens (primary N) is 1. The van der Waals surface area contributed by atoms with E-state index in [4.69, 9.17) is 10.8 Å². The van der Waals surface area contributed by atoms with Gasteiger partial charge in [-0.2, -0.15) is 0 Å². The van der Waals surface area contributed by atoms with E-state index in [-0.39, 0.29) is 5.91 Å². The highest BCUT2D eigenvalue weighted by molar-refractivity contribution is 5.79. The minimum Gasteiger partial charge on any atom is -0.480 e. The molecule has 86 valence electrons. The maximum absolute atomic E-state index is 10.9. The van der Waals surface area contributed by atoms with Crippen LogP contribution in [0.4, 0.5) is 4.79 Å². The number of aliphatic carboxylic acids is 1. The van der Waals surface area contributed by atoms with Crippen molar-refractivity contribution in [2.75, 3.05) is 13.1 Å². The third kappa shape index (κ3) is 10.1. The minimum absolute atomic E-state index is 0.290. The first-order valence-corrected chi connectivity index (χ1v) is 4.54. The van der Waals surface area contributed by atoms with Crippen LogP contribution in [0.3, 0.4) is 0 Å². The highest BCUT2D eigenvalue weighted by Gasteiger charge is 2.01. The number of amides is 3. The molecule has 0 rings (SSSR count). The average Bonchev–Trinajstić information content (AvgIpc) is 2.13. The molecule has 0 heterocycles. The normalized spacial score (nSPS) is 9.33. The molecule has 0 fully saturated rings. The lowest BCUT2D eigenvalue weighted by Crippen LogP contribution is -2.38. The van der Waals surface area contributed by atoms with Gasteiger partial charge in [-0.05, 0) is 12.8 Å². The number of hydrogen-bond acceptors (Lipinski definition) is 3. The Morgan fingerprint density at radius 2 is 1.80 bits per heavy atom. The van der Waals surface area contributed by atoms with Gasteiger partial charge in [0.15, 0.2) is 0 Å². The molecule has 0 aromatic rings. The number of carbonyl (C=O) groups is 3. The van der Waals surface area contributed by atoms with E-state index in [0.29, 0.717) is 25.8 Å². The number of carbonyl (C=O) groups excluding carboxylic acids is 2. The van der Waals surface area contributed by atoms with Crippen LogP contribution < -0.4 is 16.4 Å². The van der Waals surface area contributed by atoms with Gasteiger partial charge in [-0.3, -0.25) is 9.59 Å². The second kappa shape index (κ2) is 7.60. The predicted octanol–water partition coefficient (Wildman–Crippen LogP) is -0.974. The van der Waals surface area contributed by atoms with Crippen molar-refractivity contribution in [1.82, 2.24) is 10.6 Å². The molecule has 0 aromatic carbocycles. The van der Waals surface area contributed by atoms with Crippen molar-refractivity contribution in [2.24, 2.45) is 5.73 Å². The number of carboxylic acid groups (broad SMARTS) is 1. The van der Waals surface area contributed by atoms with Crippen LogP contribution in [-0.4, -0.2) is 36.1 Å². The molecule has 7 nitrogen and oxygen atoms in total. The van der Waals surface area contributed by atoms with Crippen LogP contribution >= 0.6 is 0 Å². The summed E-state index contributed by atoms with van der Waals surface area (Å²) in [6.45, 7) is -0.0220. The van der Waals surface area contributed by atoms with Crippen LogP contribution in [0.5, 0.6) is 0 Å². The van der Waals surface area contributed by atoms with Gasteiger partial charge in [0.2, 0.25) is 5.91 Å². The molecule has 0 atom stereocenters. The van der Waals surface area contributed by atoms with Gasteiger partial charge in [0.1, 0.15) is 6.54 Å². The van der Waals surface area contributed by atoms with Gasteiger partial charge in [-0.15, -0.1) is 0 Å². The van der Waals surface area contributed by atoms with Crippen LogP contribution in [0.2, 0.25) is 0 Å². The first-order chi connectivity index (χ1) is 7.02. The van der Waals surface area contributed by atoms with Crippen LogP contribution in [0, 0.1) is 0 Å². The molecule has 0 aromatic heterocycles. The molecule has 0 bridgehead atoms. The fourth-order valence-corrected chi connectivity index (χ4v) is 0.845. The lowest BCUT2D eigenvalue weighted by Gasteiger charge is -2.04. The van der Waals surface area contributed by atoms with Crippen molar-refractivity contribution in [3.05, 3.63) is 0 Å². The maximum Gasteiger partial charge on any atom is 0.323 e. The lowest BCUT2D eigenvalue weighted by molar-refractivity contribution is -0.135. The van der Waals surface area contributed by atoms with Crippen molar-refractivity contribution in [3.8, 4) is 0 Å². The van der Waals surface area contributed by atoms with Crippen molar-refractivity contribution in [2.45, 2.75) is 19.3 Å². The highest BCUT2D eigenvalue weighted by atomic mass is 16.4. The standard InChI is InChI=1S/C8H15N3O4/c9-6(12)3-1-2-4-10-8(15)11-5-7(13)14/h1-5H2,(H2,9,12)(H,13,14)(H2,10,11,15). The van der Waals surface area contributed by atoms with Gasteiger partial charge in [0.05, 0.1) is 0 Å². The Morgan fingerprint density at radius 3 is 2.33 bits per heavy atom. The van der Waals surface area contributed by atoms with Crippen LogP contribution in [-0.2, 0) is 9.59 Å². The molecule has 3 amide bonds. The highest BCUT2D eigenvalue weighted by Crippen LogP contribution is 1.91. The molecular weight excluding hydrogens is 202 g/mol. The van der Waals surface area contributed by atoms with Gasteiger partial charge < -0.3 is 21.5 Å². The summed E-state index contributed by atoms with van der Waals surface area (Å²) in [7, 11) is 0. The predicted molar refractivity (Wildman–Crippen MR) is 52.1 cm³/mol. The summed E-state index contributed by atoms with van der Waals surface area (Å²) in [5.74, 6) is -1.47. The van der Waals surface area contributed by atoms with E-state index < -0.39 is 18.5 Å². The molecule has 0 spiro atoms. The summed E-state index contributed by atoms with van der Waals surface area (Å²) in [5, 5.41) is 12.8. The van der Waals surface area contributed by atoms with E-state index in [2.05, 4.69) is 10.6 Å². The second-order valence-corrected chi connectivity index (χ2v) is 2.93. The topological polar surface area (TPSA) is 122 Å². The molecule has 0 saturated heterocycles. The lowest BCUT2D eigenvalue weighted by atomic mass is 10.2. The van der Waals surface area contributed by atoms with Gasteiger partial charge in [-0.25, -0.2) is 4.79 Å². The summed E-state index contributed by atoms with van der Waals surface area (Å²) >= 11 is 0. The number of carboxylic acids is 1. The third-order valence-electron chi connectivity index (χ3n) is 1.54. The molecule has 0 unspecified atom stereocenters. The minimum atomic E-state index is -1.10. The first kappa shape index (κ1) is 13.2. The van der Waals surface area contributed by atoms with E-state index in [0.717, 1.165) is 0 Å². The molecule has 0 radical (unpaired) electrons. The Morgan fingerprint density at radius 1 is 1.13 bits per heavy atom. The van der Waals surface area contributed by atoms with Gasteiger partial charge in [0.25, 0.3) is 0 Å². The number of unbranched alkanes of at least 4 members (excludes halogenated alkanes) is 1. The number of rotatable bonds is 7. The van der Waals surface area contributed by atoms with Crippen LogP contribution in [0.25, 0.3) is 0 Å². The van der Waals surface area contributed by atoms with Crippen molar-refractivity contribution < 1.29 is 19.5 Å². The molecule has 7 heteroatoms. The van der Waals surface area contributed by atoms with E-state index in [9.17, 15) is 14.4 Å². The molecule has 0 saturated carbocycles. The molecule has 0 aliphatic carbocycles. The SMILES string of the molecule is NC(=O)CCCCNC(=O)NCC(=O)O. The van der Waals surface area contributed by atoms with Crippen LogP contribution in [0.1, 0.15) is 19.3 Å². The largest absolute Gasteiger partial charge is 0.480 e. The van der Waals surface area contributed by atoms with E-state index in [1.807, 2.05) is 0 Å². The average molecular weight is 217 g/mol. The maximum atomic E-state index is 10.9. The van der Waals surface area contributed by atoms with Gasteiger partial charge in [0, 0.05) is 13.0 Å². The van der Waals surface area contributed by atoms with Gasteiger partial charge in [-0.1, -0.05) is 0 Å². The smallest absolute Gasteiger partial charge is 0.323 e. The fraction of sp³-hybridized carbons (Fsp3) is 0.625. The van der Waals surface area contributed by atoms with Crippen molar-refractivity contribution >= 4 is 17.9 Å². The Kier molecular flexibility index (Phi) is 6.69. The van der Waals surface area contributed by atoms with Gasteiger partial charge >= 0.3 is 12.0 Å². The van der Waals surface area contributed by atoms with E-state index in [1.165, 1.54) is 0 Å². The second-order valence-electron chi connectivity index (χ2n) is 2.93. The molecule has 0 aliphatic heterocycles. The number of hydrogen-bond donors (Lipinski definition) is 4. The fourth-order valence-electron chi connectivity index (χ4n) is 0.845. The Bertz CT molecular complexity index is 242. The summed E-state index contributed by atoms with van der Waals surface area (Å²) < 4.78 is 0. The van der Waals surface area contributed by atoms with E-state index >= 15 is 0 Å². The van der Waals surface area contributed by atoms with Crippen molar-refractivity contribution in [1.29, 1.82) is 0 Å². The Hall–Kier alpha value is -1.79. The van der Waals surface area contributed by atoms with Crippen LogP contribution in [0.15, 0.2) is 0 Å². The number of nitrogens with one attached hydrogen (secondary N) is 2. The number of urea groups is 1. The quantitative estimate of drug-likeness (QED) is 0.409. The zero-order valence-electron chi connectivity index (χ0n) is 8.28. The molecule has 0 aliphatic rings. The first-order valence-electron chi connectivity index (χ1n) is 4.54. The monoisotopic (exact) mass is 217 g/mol. The molecular formula is C8H15N3O4. The third-order valence-corrected chi connectivity index (χ3v) is 1.54. The Labute approximate surface area is 87.0 Å². The summed E-state index contributed by atoms with van der Waals surface area (Å²) in [5.41, 5.74) is 4.91. The summed E-state index contributed by atoms with van der Waals surface area (Å²) in [4.78, 5) is 31.3. The summed E-state index contributed by atoms with van der Waals surface area (Å²) in [6, 6.07) is -0.531.